The van der Waals surface area contributed by atoms with Gasteiger partial charge in [0.1, 0.15) is 5.75 Å². The number of phenolic OH excluding ortho intramolecular Hbond substituents is 1. The van der Waals surface area contributed by atoms with Crippen LogP contribution in [0, 0.1) is 13.8 Å². The summed E-state index contributed by atoms with van der Waals surface area (Å²) < 4.78 is 4.86. The van der Waals surface area contributed by atoms with Crippen LogP contribution < -0.4 is 0 Å². The van der Waals surface area contributed by atoms with Gasteiger partial charge < -0.3 is 9.84 Å². The largest absolute Gasteiger partial charge is 0.508 e. The van der Waals surface area contributed by atoms with Crippen molar-refractivity contribution in [1.82, 2.24) is 0 Å². The molecule has 0 aromatic heterocycles. The first-order valence-electron chi connectivity index (χ1n) is 4.99. The summed E-state index contributed by atoms with van der Waals surface area (Å²) in [6.07, 6.45) is 0.217. The van der Waals surface area contributed by atoms with Gasteiger partial charge in [0.2, 0.25) is 0 Å². The second kappa shape index (κ2) is 4.82. The highest BCUT2D eigenvalue weighted by Crippen LogP contribution is 2.22. The fourth-order valence-corrected chi connectivity index (χ4v) is 1.46. The van der Waals surface area contributed by atoms with Crippen LogP contribution >= 0.6 is 0 Å². The van der Waals surface area contributed by atoms with Crippen molar-refractivity contribution in [3.8, 4) is 5.75 Å². The molecule has 15 heavy (non-hydrogen) atoms. The molecule has 0 aliphatic carbocycles. The van der Waals surface area contributed by atoms with Crippen molar-refractivity contribution in [1.29, 1.82) is 0 Å². The van der Waals surface area contributed by atoms with Gasteiger partial charge >= 0.3 is 5.97 Å². The molecule has 0 bridgehead atoms. The van der Waals surface area contributed by atoms with Gasteiger partial charge in [-0.1, -0.05) is 6.07 Å². The third kappa shape index (κ3) is 2.98. The molecule has 1 aromatic rings. The van der Waals surface area contributed by atoms with Gasteiger partial charge in [0, 0.05) is 0 Å². The highest BCUT2D eigenvalue weighted by molar-refractivity contribution is 5.73. The maximum atomic E-state index is 11.3. The molecule has 82 valence electrons. The molecule has 1 rings (SSSR count). The van der Waals surface area contributed by atoms with E-state index in [-0.39, 0.29) is 18.1 Å². The zero-order valence-electron chi connectivity index (χ0n) is 9.33. The molecule has 0 atom stereocenters. The highest BCUT2D eigenvalue weighted by atomic mass is 16.5. The summed E-state index contributed by atoms with van der Waals surface area (Å²) in [5.41, 5.74) is 2.51. The lowest BCUT2D eigenvalue weighted by Crippen LogP contribution is -2.08. The van der Waals surface area contributed by atoms with E-state index in [1.807, 2.05) is 13.0 Å². The maximum Gasteiger partial charge on any atom is 0.310 e. The van der Waals surface area contributed by atoms with Crippen molar-refractivity contribution in [2.24, 2.45) is 0 Å². The fourth-order valence-electron chi connectivity index (χ4n) is 1.46. The van der Waals surface area contributed by atoms with Gasteiger partial charge in [-0.05, 0) is 43.5 Å². The second-order valence-electron chi connectivity index (χ2n) is 3.55. The maximum absolute atomic E-state index is 11.3. The van der Waals surface area contributed by atoms with E-state index in [4.69, 9.17) is 4.74 Å². The first kappa shape index (κ1) is 11.6. The molecular formula is C12H16O3. The Morgan fingerprint density at radius 2 is 2.07 bits per heavy atom. The Hall–Kier alpha value is -1.51. The van der Waals surface area contributed by atoms with Crippen molar-refractivity contribution in [3.63, 3.8) is 0 Å². The summed E-state index contributed by atoms with van der Waals surface area (Å²) in [7, 11) is 0. The molecule has 0 radical (unpaired) electrons. The van der Waals surface area contributed by atoms with Gasteiger partial charge in [0.15, 0.2) is 0 Å². The van der Waals surface area contributed by atoms with E-state index in [9.17, 15) is 9.90 Å². The van der Waals surface area contributed by atoms with Gasteiger partial charge in [-0.25, -0.2) is 0 Å². The molecule has 0 spiro atoms. The third-order valence-corrected chi connectivity index (χ3v) is 2.27. The normalized spacial score (nSPS) is 10.1. The van der Waals surface area contributed by atoms with Crippen LogP contribution in [0.1, 0.15) is 23.6 Å². The lowest BCUT2D eigenvalue weighted by Gasteiger charge is -2.08. The van der Waals surface area contributed by atoms with Gasteiger partial charge in [0.05, 0.1) is 13.0 Å². The van der Waals surface area contributed by atoms with Crippen molar-refractivity contribution in [2.75, 3.05) is 6.61 Å². The summed E-state index contributed by atoms with van der Waals surface area (Å²) in [6.45, 7) is 5.84. The number of esters is 1. The standard InChI is InChI=1S/C12H16O3/c1-4-15-12(14)7-10-5-8(2)6-11(13)9(10)3/h5-6,13H,4,7H2,1-3H3. The number of benzene rings is 1. The summed E-state index contributed by atoms with van der Waals surface area (Å²) in [6, 6.07) is 3.58. The Kier molecular flexibility index (Phi) is 3.72. The van der Waals surface area contributed by atoms with Gasteiger partial charge in [0.25, 0.3) is 0 Å². The minimum atomic E-state index is -0.259. The molecule has 1 aromatic carbocycles. The van der Waals surface area contributed by atoms with Crippen molar-refractivity contribution >= 4 is 5.97 Å². The predicted molar refractivity (Wildman–Crippen MR) is 57.9 cm³/mol. The number of hydrogen-bond acceptors (Lipinski definition) is 3. The van der Waals surface area contributed by atoms with Crippen LogP contribution in [0.5, 0.6) is 5.75 Å². The minimum Gasteiger partial charge on any atom is -0.508 e. The van der Waals surface area contributed by atoms with Crippen LogP contribution in [0.15, 0.2) is 12.1 Å². The molecule has 0 aliphatic heterocycles. The number of carbonyl (C=O) groups excluding carboxylic acids is 1. The third-order valence-electron chi connectivity index (χ3n) is 2.27. The van der Waals surface area contributed by atoms with E-state index >= 15 is 0 Å². The lowest BCUT2D eigenvalue weighted by molar-refractivity contribution is -0.142. The molecule has 0 amide bonds. The monoisotopic (exact) mass is 208 g/mol. The minimum absolute atomic E-state index is 0.217. The summed E-state index contributed by atoms with van der Waals surface area (Å²) in [4.78, 5) is 11.3. The zero-order chi connectivity index (χ0) is 11.4. The van der Waals surface area contributed by atoms with Gasteiger partial charge in [-0.15, -0.1) is 0 Å². The predicted octanol–water partition coefficient (Wildman–Crippen LogP) is 2.11. The van der Waals surface area contributed by atoms with E-state index in [2.05, 4.69) is 0 Å². The molecule has 0 saturated carbocycles. The van der Waals surface area contributed by atoms with Crippen LogP contribution in [0.25, 0.3) is 0 Å². The zero-order valence-corrected chi connectivity index (χ0v) is 9.33. The molecule has 3 nitrogen and oxygen atoms in total. The number of hydrogen-bond donors (Lipinski definition) is 1. The van der Waals surface area contributed by atoms with Gasteiger partial charge in [-0.2, -0.15) is 0 Å². The first-order valence-corrected chi connectivity index (χ1v) is 4.99. The molecule has 1 N–H and O–H groups in total. The summed E-state index contributed by atoms with van der Waals surface area (Å²) >= 11 is 0. The van der Waals surface area contributed by atoms with Crippen LogP contribution in [0.4, 0.5) is 0 Å². The average Bonchev–Trinajstić information content (AvgIpc) is 2.13. The highest BCUT2D eigenvalue weighted by Gasteiger charge is 2.09. The Labute approximate surface area is 89.7 Å². The lowest BCUT2D eigenvalue weighted by atomic mass is 10.0. The van der Waals surface area contributed by atoms with Crippen molar-refractivity contribution in [3.05, 3.63) is 28.8 Å². The van der Waals surface area contributed by atoms with Crippen molar-refractivity contribution in [2.45, 2.75) is 27.2 Å². The smallest absolute Gasteiger partial charge is 0.310 e. The molecule has 3 heteroatoms. The van der Waals surface area contributed by atoms with E-state index in [1.165, 1.54) is 0 Å². The second-order valence-corrected chi connectivity index (χ2v) is 3.55. The molecule has 0 aliphatic rings. The number of ether oxygens (including phenoxy) is 1. The van der Waals surface area contributed by atoms with Crippen LogP contribution in [-0.4, -0.2) is 17.7 Å². The van der Waals surface area contributed by atoms with E-state index in [0.29, 0.717) is 6.61 Å². The average molecular weight is 208 g/mol. The molecule has 0 saturated heterocycles. The number of aromatic hydroxyl groups is 1. The molecule has 0 heterocycles. The Morgan fingerprint density at radius 1 is 1.40 bits per heavy atom. The number of phenols is 1. The summed E-state index contributed by atoms with van der Waals surface area (Å²) in [5, 5.41) is 9.57. The topological polar surface area (TPSA) is 46.5 Å². The van der Waals surface area contributed by atoms with Crippen LogP contribution in [0.2, 0.25) is 0 Å². The SMILES string of the molecule is CCOC(=O)Cc1cc(C)cc(O)c1C. The van der Waals surface area contributed by atoms with E-state index in [1.54, 1.807) is 19.9 Å². The van der Waals surface area contributed by atoms with E-state index in [0.717, 1.165) is 16.7 Å². The van der Waals surface area contributed by atoms with Crippen molar-refractivity contribution < 1.29 is 14.6 Å². The molecular weight excluding hydrogens is 192 g/mol. The quantitative estimate of drug-likeness (QED) is 0.774. The number of aryl methyl sites for hydroxylation is 1. The number of rotatable bonds is 3. The summed E-state index contributed by atoms with van der Waals surface area (Å²) in [5.74, 6) is -0.0279. The molecule has 0 unspecified atom stereocenters. The molecule has 0 fully saturated rings. The Bertz CT molecular complexity index is 369. The van der Waals surface area contributed by atoms with E-state index < -0.39 is 0 Å². The van der Waals surface area contributed by atoms with Crippen LogP contribution in [-0.2, 0) is 16.0 Å². The number of carbonyl (C=O) groups is 1. The Balaban J connectivity index is 2.89. The van der Waals surface area contributed by atoms with Gasteiger partial charge in [-0.3, -0.25) is 4.79 Å². The first-order chi connectivity index (χ1) is 7.04. The Morgan fingerprint density at radius 3 is 2.67 bits per heavy atom. The van der Waals surface area contributed by atoms with Crippen LogP contribution in [0.3, 0.4) is 0 Å². The fraction of sp³-hybridized carbons (Fsp3) is 0.417.